The normalized spacial score (nSPS) is 27.2. The van der Waals surface area contributed by atoms with Crippen molar-refractivity contribution in [2.45, 2.75) is 44.1 Å². The van der Waals surface area contributed by atoms with E-state index in [9.17, 15) is 4.79 Å². The topological polar surface area (TPSA) is 91.0 Å². The Morgan fingerprint density at radius 1 is 1.33 bits per heavy atom. The van der Waals surface area contributed by atoms with Gasteiger partial charge < -0.3 is 10.6 Å². The SMILES string of the molecule is CC(=O)Nc1ccc(C)c(-c2nnc(NC3CCC4NNCC4C3Cl)s2)c1. The van der Waals surface area contributed by atoms with Crippen LogP contribution in [0.2, 0.25) is 0 Å². The monoisotopic (exact) mass is 406 g/mol. The van der Waals surface area contributed by atoms with Gasteiger partial charge in [0.15, 0.2) is 0 Å². The van der Waals surface area contributed by atoms with Crippen LogP contribution in [0.1, 0.15) is 25.3 Å². The van der Waals surface area contributed by atoms with Crippen LogP contribution in [0.25, 0.3) is 10.6 Å². The summed E-state index contributed by atoms with van der Waals surface area (Å²) in [7, 11) is 0. The molecule has 1 aliphatic carbocycles. The molecule has 2 heterocycles. The van der Waals surface area contributed by atoms with Crippen molar-refractivity contribution < 1.29 is 4.79 Å². The van der Waals surface area contributed by atoms with E-state index in [0.717, 1.165) is 46.3 Å². The van der Waals surface area contributed by atoms with Crippen LogP contribution in [0.15, 0.2) is 18.2 Å². The summed E-state index contributed by atoms with van der Waals surface area (Å²) in [5.74, 6) is 0.325. The predicted octanol–water partition coefficient (Wildman–Crippen LogP) is 2.75. The summed E-state index contributed by atoms with van der Waals surface area (Å²) >= 11 is 8.24. The highest BCUT2D eigenvalue weighted by molar-refractivity contribution is 7.18. The Kier molecular flexibility index (Phi) is 5.32. The van der Waals surface area contributed by atoms with Crippen LogP contribution in [-0.4, -0.2) is 40.1 Å². The number of aryl methyl sites for hydroxylation is 1. The Labute approximate surface area is 167 Å². The lowest BCUT2D eigenvalue weighted by Gasteiger charge is -2.35. The summed E-state index contributed by atoms with van der Waals surface area (Å²) in [6.45, 7) is 4.42. The fourth-order valence-corrected chi connectivity index (χ4v) is 5.17. The highest BCUT2D eigenvalue weighted by Crippen LogP contribution is 2.35. The molecule has 0 bridgehead atoms. The molecule has 2 fully saturated rings. The van der Waals surface area contributed by atoms with Crippen molar-refractivity contribution in [3.63, 3.8) is 0 Å². The predicted molar refractivity (Wildman–Crippen MR) is 109 cm³/mol. The number of rotatable bonds is 4. The Bertz CT molecular complexity index is 843. The number of alkyl halides is 1. The van der Waals surface area contributed by atoms with E-state index in [0.29, 0.717) is 12.0 Å². The van der Waals surface area contributed by atoms with E-state index >= 15 is 0 Å². The van der Waals surface area contributed by atoms with Gasteiger partial charge in [-0.05, 0) is 37.5 Å². The number of hydrazine groups is 1. The number of aromatic nitrogens is 2. The number of benzene rings is 1. The van der Waals surface area contributed by atoms with Gasteiger partial charge in [-0.15, -0.1) is 21.8 Å². The molecule has 4 rings (SSSR count). The molecule has 4 atom stereocenters. The summed E-state index contributed by atoms with van der Waals surface area (Å²) in [6, 6.07) is 6.44. The molecule has 9 heteroatoms. The van der Waals surface area contributed by atoms with E-state index in [4.69, 9.17) is 11.6 Å². The molecule has 1 aromatic carbocycles. The summed E-state index contributed by atoms with van der Waals surface area (Å²) in [6.07, 6.45) is 2.08. The van der Waals surface area contributed by atoms with Gasteiger partial charge in [0.05, 0.1) is 5.38 Å². The Balaban J connectivity index is 1.50. The van der Waals surface area contributed by atoms with E-state index in [2.05, 4.69) is 31.7 Å². The number of nitrogens with one attached hydrogen (secondary N) is 4. The van der Waals surface area contributed by atoms with Gasteiger partial charge in [0, 0.05) is 42.7 Å². The third-order valence-electron chi connectivity index (χ3n) is 5.25. The molecule has 1 amide bonds. The lowest BCUT2D eigenvalue weighted by Crippen LogP contribution is -2.47. The maximum Gasteiger partial charge on any atom is 0.221 e. The van der Waals surface area contributed by atoms with Crippen molar-refractivity contribution in [2.75, 3.05) is 17.2 Å². The van der Waals surface area contributed by atoms with E-state index in [-0.39, 0.29) is 17.3 Å². The molecule has 1 saturated heterocycles. The molecule has 1 aliphatic heterocycles. The molecule has 7 nitrogen and oxygen atoms in total. The van der Waals surface area contributed by atoms with Crippen LogP contribution < -0.4 is 21.5 Å². The number of carbonyl (C=O) groups excluding carboxylic acids is 1. The lowest BCUT2D eigenvalue weighted by molar-refractivity contribution is -0.114. The molecule has 0 radical (unpaired) electrons. The number of hydrogen-bond donors (Lipinski definition) is 4. The molecule has 4 unspecified atom stereocenters. The molecule has 2 aromatic rings. The third kappa shape index (κ3) is 3.94. The number of carbonyl (C=O) groups is 1. The third-order valence-corrected chi connectivity index (χ3v) is 6.76. The largest absolute Gasteiger partial charge is 0.356 e. The zero-order chi connectivity index (χ0) is 19.0. The molecular formula is C18H23ClN6OS. The van der Waals surface area contributed by atoms with Gasteiger partial charge in [-0.3, -0.25) is 15.6 Å². The van der Waals surface area contributed by atoms with Gasteiger partial charge in [0.25, 0.3) is 0 Å². The van der Waals surface area contributed by atoms with E-state index in [1.807, 2.05) is 25.1 Å². The Morgan fingerprint density at radius 2 is 2.19 bits per heavy atom. The highest BCUT2D eigenvalue weighted by atomic mass is 35.5. The van der Waals surface area contributed by atoms with Gasteiger partial charge in [-0.2, -0.15) is 0 Å². The van der Waals surface area contributed by atoms with Crippen molar-refractivity contribution in [1.29, 1.82) is 0 Å². The van der Waals surface area contributed by atoms with Gasteiger partial charge in [-0.25, -0.2) is 0 Å². The van der Waals surface area contributed by atoms with Crippen LogP contribution in [0.3, 0.4) is 0 Å². The fourth-order valence-electron chi connectivity index (χ4n) is 3.83. The second-order valence-electron chi connectivity index (χ2n) is 7.19. The van der Waals surface area contributed by atoms with Gasteiger partial charge in [0.2, 0.25) is 11.0 Å². The van der Waals surface area contributed by atoms with Crippen molar-refractivity contribution >= 4 is 39.7 Å². The number of hydrogen-bond acceptors (Lipinski definition) is 7. The second-order valence-corrected chi connectivity index (χ2v) is 8.67. The summed E-state index contributed by atoms with van der Waals surface area (Å²) in [5.41, 5.74) is 9.34. The quantitative estimate of drug-likeness (QED) is 0.584. The lowest BCUT2D eigenvalue weighted by atomic mass is 9.82. The Morgan fingerprint density at radius 3 is 3.00 bits per heavy atom. The molecule has 144 valence electrons. The molecule has 4 N–H and O–H groups in total. The van der Waals surface area contributed by atoms with Gasteiger partial charge in [-0.1, -0.05) is 17.4 Å². The first-order valence-electron chi connectivity index (χ1n) is 9.12. The van der Waals surface area contributed by atoms with Crippen LogP contribution in [0.5, 0.6) is 0 Å². The van der Waals surface area contributed by atoms with Crippen molar-refractivity contribution in [3.8, 4) is 10.6 Å². The minimum Gasteiger partial charge on any atom is -0.356 e. The number of nitrogens with zero attached hydrogens (tertiary/aromatic N) is 2. The summed E-state index contributed by atoms with van der Waals surface area (Å²) in [5, 5.41) is 16.6. The maximum atomic E-state index is 11.3. The second kappa shape index (κ2) is 7.71. The molecule has 2 aliphatic rings. The van der Waals surface area contributed by atoms with E-state index < -0.39 is 0 Å². The number of halogens is 1. The first-order chi connectivity index (χ1) is 13.0. The smallest absolute Gasteiger partial charge is 0.221 e. The van der Waals surface area contributed by atoms with Crippen LogP contribution in [0, 0.1) is 12.8 Å². The van der Waals surface area contributed by atoms with E-state index in [1.54, 1.807) is 0 Å². The average molecular weight is 407 g/mol. The van der Waals surface area contributed by atoms with Crippen molar-refractivity contribution in [2.24, 2.45) is 5.92 Å². The van der Waals surface area contributed by atoms with Gasteiger partial charge >= 0.3 is 0 Å². The van der Waals surface area contributed by atoms with Crippen molar-refractivity contribution in [1.82, 2.24) is 21.0 Å². The molecule has 1 aromatic heterocycles. The zero-order valence-electron chi connectivity index (χ0n) is 15.3. The zero-order valence-corrected chi connectivity index (χ0v) is 16.8. The first-order valence-corrected chi connectivity index (χ1v) is 10.4. The Hall–Kier alpha value is -1.74. The standard InChI is InChI=1S/C18H23ClN6OS/c1-9-3-4-11(21-10(2)26)7-12(9)17-24-25-18(27-17)22-15-6-5-14-13(16(15)19)8-20-23-14/h3-4,7,13-16,20,23H,5-6,8H2,1-2H3,(H,21,26)(H,22,25). The molecule has 27 heavy (non-hydrogen) atoms. The molecular weight excluding hydrogens is 384 g/mol. The fraction of sp³-hybridized carbons (Fsp3) is 0.500. The average Bonchev–Trinajstić information content (AvgIpc) is 3.28. The van der Waals surface area contributed by atoms with Gasteiger partial charge in [0.1, 0.15) is 5.01 Å². The minimum atomic E-state index is -0.0935. The minimum absolute atomic E-state index is 0.0448. The highest BCUT2D eigenvalue weighted by Gasteiger charge is 2.41. The van der Waals surface area contributed by atoms with Crippen LogP contribution >= 0.6 is 22.9 Å². The maximum absolute atomic E-state index is 11.3. The van der Waals surface area contributed by atoms with E-state index in [1.165, 1.54) is 18.3 Å². The van der Waals surface area contributed by atoms with Crippen LogP contribution in [-0.2, 0) is 4.79 Å². The summed E-state index contributed by atoms with van der Waals surface area (Å²) in [4.78, 5) is 11.3. The number of anilines is 2. The van der Waals surface area contributed by atoms with Crippen molar-refractivity contribution in [3.05, 3.63) is 23.8 Å². The number of amides is 1. The van der Waals surface area contributed by atoms with Crippen LogP contribution in [0.4, 0.5) is 10.8 Å². The number of fused-ring (bicyclic) bond motifs is 1. The molecule has 1 saturated carbocycles. The molecule has 0 spiro atoms. The summed E-state index contributed by atoms with van der Waals surface area (Å²) < 4.78 is 0. The first kappa shape index (κ1) is 18.6.